The van der Waals surface area contributed by atoms with Crippen LogP contribution in [0.25, 0.3) is 0 Å². The number of hydrogen-bond donors (Lipinski definition) is 2. The van der Waals surface area contributed by atoms with Crippen LogP contribution in [0.15, 0.2) is 24.3 Å². The van der Waals surface area contributed by atoms with E-state index in [-0.39, 0.29) is 49.2 Å². The van der Waals surface area contributed by atoms with Crippen molar-refractivity contribution in [3.63, 3.8) is 0 Å². The van der Waals surface area contributed by atoms with E-state index in [2.05, 4.69) is 10.6 Å². The lowest BCUT2D eigenvalue weighted by Gasteiger charge is -2.23. The summed E-state index contributed by atoms with van der Waals surface area (Å²) in [5.41, 5.74) is 1.13. The van der Waals surface area contributed by atoms with Gasteiger partial charge in [0, 0.05) is 24.8 Å². The zero-order valence-electron chi connectivity index (χ0n) is 17.8. The van der Waals surface area contributed by atoms with Crippen molar-refractivity contribution in [3.8, 4) is 0 Å². The first-order chi connectivity index (χ1) is 14.8. The number of fused-ring (bicyclic) bond motifs is 1. The lowest BCUT2D eigenvalue weighted by Crippen LogP contribution is -2.45. The van der Waals surface area contributed by atoms with Crippen LogP contribution in [-0.4, -0.2) is 59.0 Å². The lowest BCUT2D eigenvalue weighted by molar-refractivity contribution is -0.146. The van der Waals surface area contributed by atoms with E-state index < -0.39 is 11.8 Å². The van der Waals surface area contributed by atoms with Gasteiger partial charge in [0.05, 0.1) is 18.4 Å². The van der Waals surface area contributed by atoms with Crippen molar-refractivity contribution in [2.75, 3.05) is 30.3 Å². The first-order valence-electron chi connectivity index (χ1n) is 10.6. The molecule has 9 heteroatoms. The maximum absolute atomic E-state index is 12.7. The minimum atomic E-state index is -0.431. The summed E-state index contributed by atoms with van der Waals surface area (Å²) < 4.78 is 0. The third-order valence-electron chi connectivity index (χ3n) is 5.78. The topological polar surface area (TPSA) is 116 Å². The molecule has 2 N–H and O–H groups in total. The van der Waals surface area contributed by atoms with E-state index in [0.717, 1.165) is 17.7 Å². The number of carbonyl (C=O) groups excluding carboxylic acids is 5. The quantitative estimate of drug-likeness (QED) is 0.640. The Morgan fingerprint density at radius 2 is 1.48 bits per heavy atom. The Balaban J connectivity index is 1.55. The molecule has 1 saturated heterocycles. The number of imide groups is 1. The van der Waals surface area contributed by atoms with E-state index in [1.165, 1.54) is 11.8 Å². The smallest absolute Gasteiger partial charge is 0.243 e. The highest BCUT2D eigenvalue weighted by Gasteiger charge is 2.48. The molecule has 0 unspecified atom stereocenters. The van der Waals surface area contributed by atoms with Gasteiger partial charge in [-0.05, 0) is 44.0 Å². The first-order valence-corrected chi connectivity index (χ1v) is 10.6. The molecule has 2 atom stereocenters. The van der Waals surface area contributed by atoms with Crippen LogP contribution in [0.3, 0.4) is 0 Å². The second-order valence-corrected chi connectivity index (χ2v) is 7.97. The van der Waals surface area contributed by atoms with Gasteiger partial charge in [0.15, 0.2) is 0 Å². The fourth-order valence-electron chi connectivity index (χ4n) is 4.21. The van der Waals surface area contributed by atoms with Crippen LogP contribution >= 0.6 is 0 Å². The van der Waals surface area contributed by atoms with Crippen molar-refractivity contribution in [2.45, 2.75) is 39.5 Å². The van der Waals surface area contributed by atoms with Crippen LogP contribution in [0.4, 0.5) is 11.4 Å². The third kappa shape index (κ3) is 5.28. The van der Waals surface area contributed by atoms with E-state index in [9.17, 15) is 24.0 Å². The number of nitrogens with zero attached hydrogens (tertiary/aromatic N) is 2. The molecule has 5 amide bonds. The lowest BCUT2D eigenvalue weighted by atomic mass is 9.81. The molecule has 1 heterocycles. The number of likely N-dealkylation sites (tertiary alicyclic amines) is 1. The van der Waals surface area contributed by atoms with Crippen molar-refractivity contribution in [3.05, 3.63) is 24.3 Å². The molecule has 0 aromatic heterocycles. The number of anilines is 2. The summed E-state index contributed by atoms with van der Waals surface area (Å²) in [4.78, 5) is 63.8. The molecule has 0 radical (unpaired) electrons. The molecule has 2 aliphatic rings. The zero-order valence-corrected chi connectivity index (χ0v) is 17.8. The molecule has 1 aromatic carbocycles. The van der Waals surface area contributed by atoms with Gasteiger partial charge in [-0.1, -0.05) is 12.8 Å². The predicted molar refractivity (Wildman–Crippen MR) is 114 cm³/mol. The third-order valence-corrected chi connectivity index (χ3v) is 5.78. The summed E-state index contributed by atoms with van der Waals surface area (Å²) in [5, 5.41) is 5.34. The molecular weight excluding hydrogens is 400 g/mol. The standard InChI is InChI=1S/C22H28N4O5/c1-3-25(12-19(28)24-16-10-8-15(9-11-16)23-14(2)27)20(29)13-26-21(30)17-6-4-5-7-18(17)22(26)31/h8-11,17-18H,3-7,12-13H2,1-2H3,(H,23,27)(H,24,28)/t17-,18-/m1/s1. The predicted octanol–water partition coefficient (Wildman–Crippen LogP) is 1.61. The van der Waals surface area contributed by atoms with Crippen LogP contribution < -0.4 is 10.6 Å². The molecule has 2 fully saturated rings. The monoisotopic (exact) mass is 428 g/mol. The highest BCUT2D eigenvalue weighted by molar-refractivity contribution is 6.07. The molecule has 3 rings (SSSR count). The largest absolute Gasteiger partial charge is 0.332 e. The van der Waals surface area contributed by atoms with E-state index in [4.69, 9.17) is 0 Å². The Hall–Kier alpha value is -3.23. The van der Waals surface area contributed by atoms with E-state index in [0.29, 0.717) is 24.2 Å². The van der Waals surface area contributed by atoms with Gasteiger partial charge in [-0.3, -0.25) is 28.9 Å². The van der Waals surface area contributed by atoms with E-state index >= 15 is 0 Å². The Morgan fingerprint density at radius 1 is 0.968 bits per heavy atom. The van der Waals surface area contributed by atoms with Gasteiger partial charge >= 0.3 is 0 Å². The van der Waals surface area contributed by atoms with Gasteiger partial charge in [0.2, 0.25) is 29.5 Å². The fourth-order valence-corrected chi connectivity index (χ4v) is 4.21. The second-order valence-electron chi connectivity index (χ2n) is 7.97. The Bertz CT molecular complexity index is 858. The number of likely N-dealkylation sites (N-methyl/N-ethyl adjacent to an activating group) is 1. The molecule has 0 bridgehead atoms. The molecular formula is C22H28N4O5. The summed E-state index contributed by atoms with van der Waals surface area (Å²) in [7, 11) is 0. The summed E-state index contributed by atoms with van der Waals surface area (Å²) >= 11 is 0. The van der Waals surface area contributed by atoms with Gasteiger partial charge in [0.1, 0.15) is 6.54 Å². The molecule has 31 heavy (non-hydrogen) atoms. The van der Waals surface area contributed by atoms with Crippen molar-refractivity contribution < 1.29 is 24.0 Å². The average molecular weight is 428 g/mol. The normalized spacial score (nSPS) is 20.3. The van der Waals surface area contributed by atoms with Crippen LogP contribution in [0.1, 0.15) is 39.5 Å². The molecule has 0 spiro atoms. The summed E-state index contributed by atoms with van der Waals surface area (Å²) in [6.07, 6.45) is 3.24. The molecule has 1 aliphatic heterocycles. The van der Waals surface area contributed by atoms with Gasteiger partial charge in [0.25, 0.3) is 0 Å². The molecule has 1 saturated carbocycles. The van der Waals surface area contributed by atoms with Gasteiger partial charge in [-0.25, -0.2) is 0 Å². The van der Waals surface area contributed by atoms with Crippen molar-refractivity contribution in [1.29, 1.82) is 0 Å². The van der Waals surface area contributed by atoms with E-state index in [1.807, 2.05) is 0 Å². The number of rotatable bonds is 7. The Labute approximate surface area is 181 Å². The van der Waals surface area contributed by atoms with Gasteiger partial charge < -0.3 is 15.5 Å². The fraction of sp³-hybridized carbons (Fsp3) is 0.500. The zero-order chi connectivity index (χ0) is 22.5. The SMILES string of the molecule is CCN(CC(=O)Nc1ccc(NC(C)=O)cc1)C(=O)CN1C(=O)[C@@H]2CCCC[C@H]2C1=O. The highest BCUT2D eigenvalue weighted by Crippen LogP contribution is 2.37. The minimum Gasteiger partial charge on any atom is -0.332 e. The number of carbonyl (C=O) groups is 5. The number of amides is 5. The number of benzene rings is 1. The molecule has 1 aliphatic carbocycles. The highest BCUT2D eigenvalue weighted by atomic mass is 16.2. The van der Waals surface area contributed by atoms with Crippen LogP contribution in [0.2, 0.25) is 0 Å². The molecule has 1 aromatic rings. The van der Waals surface area contributed by atoms with Crippen LogP contribution in [-0.2, 0) is 24.0 Å². The average Bonchev–Trinajstić information content (AvgIpc) is 2.98. The summed E-state index contributed by atoms with van der Waals surface area (Å²) in [5.74, 6) is -2.14. The molecule has 166 valence electrons. The number of nitrogens with one attached hydrogen (secondary N) is 2. The summed E-state index contributed by atoms with van der Waals surface area (Å²) in [6, 6.07) is 6.60. The number of hydrogen-bond acceptors (Lipinski definition) is 5. The van der Waals surface area contributed by atoms with Crippen molar-refractivity contribution >= 4 is 40.9 Å². The minimum absolute atomic E-state index is 0.189. The second kappa shape index (κ2) is 9.72. The van der Waals surface area contributed by atoms with Crippen molar-refractivity contribution in [1.82, 2.24) is 9.80 Å². The van der Waals surface area contributed by atoms with E-state index in [1.54, 1.807) is 31.2 Å². The Morgan fingerprint density at radius 3 is 1.97 bits per heavy atom. The first kappa shape index (κ1) is 22.5. The van der Waals surface area contributed by atoms with Crippen molar-refractivity contribution in [2.24, 2.45) is 11.8 Å². The maximum Gasteiger partial charge on any atom is 0.243 e. The van der Waals surface area contributed by atoms with Gasteiger partial charge in [-0.2, -0.15) is 0 Å². The summed E-state index contributed by atoms with van der Waals surface area (Å²) in [6.45, 7) is 2.91. The Kier molecular flexibility index (Phi) is 7.04. The maximum atomic E-state index is 12.7. The van der Waals surface area contributed by atoms with Crippen LogP contribution in [0.5, 0.6) is 0 Å². The van der Waals surface area contributed by atoms with Crippen LogP contribution in [0, 0.1) is 11.8 Å². The van der Waals surface area contributed by atoms with Gasteiger partial charge in [-0.15, -0.1) is 0 Å². The molecule has 9 nitrogen and oxygen atoms in total.